The van der Waals surface area contributed by atoms with Gasteiger partial charge in [0.05, 0.1) is 15.6 Å². The molecule has 4 aromatic rings. The molecule has 11 heteroatoms. The molecule has 0 unspecified atom stereocenters. The van der Waals surface area contributed by atoms with Crippen molar-refractivity contribution in [1.29, 1.82) is 0 Å². The number of anilines is 1. The molecule has 1 N–H and O–H groups in total. The van der Waals surface area contributed by atoms with E-state index in [1.807, 2.05) is 37.3 Å². The van der Waals surface area contributed by atoms with Gasteiger partial charge in [0.1, 0.15) is 18.4 Å². The third kappa shape index (κ3) is 8.37. The quantitative estimate of drug-likeness (QED) is 0.178. The lowest BCUT2D eigenvalue weighted by atomic mass is 10.0. The monoisotopic (exact) mass is 655 g/mol. The molecule has 0 bridgehead atoms. The summed E-state index contributed by atoms with van der Waals surface area (Å²) in [6.45, 7) is 1.60. The molecule has 0 saturated heterocycles. The van der Waals surface area contributed by atoms with Gasteiger partial charge < -0.3 is 10.2 Å². The second-order valence-corrected chi connectivity index (χ2v) is 12.8. The molecule has 0 aliphatic rings. The van der Waals surface area contributed by atoms with E-state index in [0.29, 0.717) is 23.6 Å². The van der Waals surface area contributed by atoms with Crippen LogP contribution in [0.4, 0.5) is 10.1 Å². The third-order valence-corrected chi connectivity index (χ3v) is 9.18. The molecule has 230 valence electrons. The number of carbonyl (C=O) groups is 2. The van der Waals surface area contributed by atoms with Crippen LogP contribution in [-0.4, -0.2) is 44.3 Å². The van der Waals surface area contributed by atoms with Gasteiger partial charge in [-0.15, -0.1) is 0 Å². The number of sulfonamides is 1. The molecule has 0 fully saturated rings. The summed E-state index contributed by atoms with van der Waals surface area (Å²) in [4.78, 5) is 29.3. The first-order valence-corrected chi connectivity index (χ1v) is 16.2. The molecule has 4 aromatic carbocycles. The molecule has 0 aliphatic heterocycles. The maximum atomic E-state index is 14.4. The summed E-state index contributed by atoms with van der Waals surface area (Å²) in [6.07, 6.45) is 0.858. The number of nitrogens with one attached hydrogen (secondary N) is 1. The van der Waals surface area contributed by atoms with E-state index < -0.39 is 34.3 Å². The highest BCUT2D eigenvalue weighted by atomic mass is 35.5. The second kappa shape index (κ2) is 15.2. The molecule has 44 heavy (non-hydrogen) atoms. The lowest BCUT2D eigenvalue weighted by molar-refractivity contribution is -0.140. The summed E-state index contributed by atoms with van der Waals surface area (Å²) in [5.41, 5.74) is 1.45. The van der Waals surface area contributed by atoms with Gasteiger partial charge in [-0.25, -0.2) is 12.8 Å². The predicted octanol–water partition coefficient (Wildman–Crippen LogP) is 6.49. The van der Waals surface area contributed by atoms with E-state index in [4.69, 9.17) is 23.2 Å². The Morgan fingerprint density at radius 1 is 0.864 bits per heavy atom. The highest BCUT2D eigenvalue weighted by Crippen LogP contribution is 2.28. The van der Waals surface area contributed by atoms with E-state index in [1.54, 1.807) is 42.5 Å². The van der Waals surface area contributed by atoms with Crippen LogP contribution >= 0.6 is 23.2 Å². The van der Waals surface area contributed by atoms with Crippen LogP contribution in [0.3, 0.4) is 0 Å². The van der Waals surface area contributed by atoms with E-state index in [-0.39, 0.29) is 34.5 Å². The van der Waals surface area contributed by atoms with Gasteiger partial charge in [-0.2, -0.15) is 0 Å². The Morgan fingerprint density at radius 3 is 2.16 bits per heavy atom. The molecule has 0 aromatic heterocycles. The molecule has 0 spiro atoms. The molecular formula is C33H32Cl2FN3O4S. The van der Waals surface area contributed by atoms with Gasteiger partial charge in [-0.05, 0) is 60.0 Å². The van der Waals surface area contributed by atoms with Gasteiger partial charge in [0.25, 0.3) is 10.0 Å². The highest BCUT2D eigenvalue weighted by Gasteiger charge is 2.34. The number of hydrogen-bond donors (Lipinski definition) is 1. The van der Waals surface area contributed by atoms with Crippen LogP contribution in [-0.2, 0) is 32.6 Å². The Morgan fingerprint density at radius 2 is 1.52 bits per heavy atom. The topological polar surface area (TPSA) is 86.8 Å². The SMILES string of the molecule is CCCNC(=O)[C@@H](Cc1ccccc1)N(Cc1cccc(Cl)c1)C(=O)CN(c1ccc(F)c(Cl)c1)S(=O)(=O)c1ccccc1. The lowest BCUT2D eigenvalue weighted by Crippen LogP contribution is -2.53. The Kier molecular flexibility index (Phi) is 11.4. The van der Waals surface area contributed by atoms with Crippen molar-refractivity contribution in [2.45, 2.75) is 37.2 Å². The smallest absolute Gasteiger partial charge is 0.264 e. The number of carbonyl (C=O) groups excluding carboxylic acids is 2. The van der Waals surface area contributed by atoms with Crippen molar-refractivity contribution in [1.82, 2.24) is 10.2 Å². The van der Waals surface area contributed by atoms with Crippen molar-refractivity contribution >= 4 is 50.7 Å². The zero-order valence-corrected chi connectivity index (χ0v) is 26.3. The van der Waals surface area contributed by atoms with Crippen LogP contribution in [0.5, 0.6) is 0 Å². The molecule has 0 heterocycles. The lowest BCUT2D eigenvalue weighted by Gasteiger charge is -2.34. The first-order valence-electron chi connectivity index (χ1n) is 14.0. The van der Waals surface area contributed by atoms with Crippen LogP contribution in [0.1, 0.15) is 24.5 Å². The standard InChI is InChI=1S/C33H32Cl2FN3O4S/c1-2-18-37-33(41)31(20-24-10-5-3-6-11-24)38(22-25-12-9-13-26(34)19-25)32(40)23-39(27-16-17-30(36)29(35)21-27)44(42,43)28-14-7-4-8-15-28/h3-17,19,21,31H,2,18,20,22-23H2,1H3,(H,37,41)/t31-/m1/s1. The van der Waals surface area contributed by atoms with Gasteiger partial charge in [0.2, 0.25) is 11.8 Å². The summed E-state index contributed by atoms with van der Waals surface area (Å²) < 4.78 is 42.9. The van der Waals surface area contributed by atoms with Crippen molar-refractivity contribution in [2.24, 2.45) is 0 Å². The maximum absolute atomic E-state index is 14.4. The Labute approximate surface area is 267 Å². The summed E-state index contributed by atoms with van der Waals surface area (Å²) >= 11 is 12.3. The summed E-state index contributed by atoms with van der Waals surface area (Å²) in [5, 5.41) is 3.03. The fourth-order valence-corrected chi connectivity index (χ4v) is 6.46. The number of amides is 2. The van der Waals surface area contributed by atoms with E-state index in [0.717, 1.165) is 22.0 Å². The van der Waals surface area contributed by atoms with E-state index >= 15 is 0 Å². The van der Waals surface area contributed by atoms with Gasteiger partial charge in [-0.3, -0.25) is 13.9 Å². The first-order chi connectivity index (χ1) is 21.1. The molecule has 4 rings (SSSR count). The zero-order valence-electron chi connectivity index (χ0n) is 24.0. The molecule has 0 aliphatic carbocycles. The minimum absolute atomic E-state index is 0.00801. The van der Waals surface area contributed by atoms with E-state index in [9.17, 15) is 22.4 Å². The average molecular weight is 657 g/mol. The van der Waals surface area contributed by atoms with Crippen molar-refractivity contribution in [2.75, 3.05) is 17.4 Å². The van der Waals surface area contributed by atoms with Crippen molar-refractivity contribution in [3.05, 3.63) is 130 Å². The third-order valence-electron chi connectivity index (χ3n) is 6.86. The van der Waals surface area contributed by atoms with Crippen LogP contribution in [0.25, 0.3) is 0 Å². The van der Waals surface area contributed by atoms with Gasteiger partial charge in [0.15, 0.2) is 0 Å². The number of hydrogen-bond acceptors (Lipinski definition) is 4. The van der Waals surface area contributed by atoms with Crippen LogP contribution in [0, 0.1) is 5.82 Å². The highest BCUT2D eigenvalue weighted by molar-refractivity contribution is 7.92. The molecule has 7 nitrogen and oxygen atoms in total. The van der Waals surface area contributed by atoms with Gasteiger partial charge in [0, 0.05) is 24.5 Å². The average Bonchev–Trinajstić information content (AvgIpc) is 3.02. The zero-order chi connectivity index (χ0) is 31.7. The largest absolute Gasteiger partial charge is 0.354 e. The number of benzene rings is 4. The summed E-state index contributed by atoms with van der Waals surface area (Å²) in [7, 11) is -4.33. The fourth-order valence-electron chi connectivity index (χ4n) is 4.64. The molecule has 2 amide bonds. The number of halogens is 3. The Hall–Kier alpha value is -3.92. The Bertz CT molecular complexity index is 1690. The molecule has 0 saturated carbocycles. The second-order valence-electron chi connectivity index (χ2n) is 10.1. The number of rotatable bonds is 13. The minimum atomic E-state index is -4.33. The normalized spacial score (nSPS) is 11.9. The predicted molar refractivity (Wildman–Crippen MR) is 172 cm³/mol. The van der Waals surface area contributed by atoms with Crippen LogP contribution in [0.2, 0.25) is 10.0 Å². The summed E-state index contributed by atoms with van der Waals surface area (Å²) in [6, 6.07) is 26.2. The summed E-state index contributed by atoms with van der Waals surface area (Å²) in [5.74, 6) is -1.78. The molecule has 0 radical (unpaired) electrons. The van der Waals surface area contributed by atoms with Crippen molar-refractivity contribution < 1.29 is 22.4 Å². The Balaban J connectivity index is 1.81. The van der Waals surface area contributed by atoms with Gasteiger partial charge in [-0.1, -0.05) is 90.8 Å². The van der Waals surface area contributed by atoms with E-state index in [2.05, 4.69) is 5.32 Å². The van der Waals surface area contributed by atoms with Crippen LogP contribution in [0.15, 0.2) is 108 Å². The minimum Gasteiger partial charge on any atom is -0.354 e. The molecule has 1 atom stereocenters. The van der Waals surface area contributed by atoms with Crippen LogP contribution < -0.4 is 9.62 Å². The van der Waals surface area contributed by atoms with Crippen molar-refractivity contribution in [3.8, 4) is 0 Å². The first kappa shape index (κ1) is 33.0. The van der Waals surface area contributed by atoms with Crippen molar-refractivity contribution in [3.63, 3.8) is 0 Å². The maximum Gasteiger partial charge on any atom is 0.264 e. The van der Waals surface area contributed by atoms with Gasteiger partial charge >= 0.3 is 0 Å². The van der Waals surface area contributed by atoms with E-state index in [1.165, 1.54) is 23.1 Å². The fraction of sp³-hybridized carbons (Fsp3) is 0.212. The molecular weight excluding hydrogens is 624 g/mol. The number of nitrogens with zero attached hydrogens (tertiary/aromatic N) is 2.